The van der Waals surface area contributed by atoms with Crippen LogP contribution < -0.4 is 11.1 Å². The molecule has 2 rings (SSSR count). The van der Waals surface area contributed by atoms with Crippen molar-refractivity contribution in [2.24, 2.45) is 16.7 Å². The average Bonchev–Trinajstić information content (AvgIpc) is 2.79. The van der Waals surface area contributed by atoms with Crippen LogP contribution in [0.3, 0.4) is 0 Å². The van der Waals surface area contributed by atoms with Crippen molar-refractivity contribution in [1.29, 1.82) is 0 Å². The normalized spacial score (nSPS) is 19.1. The Morgan fingerprint density at radius 3 is 2.43 bits per heavy atom. The molecule has 1 saturated carbocycles. The summed E-state index contributed by atoms with van der Waals surface area (Å²) in [5.74, 6) is 0.249. The SMILES string of the molecule is CCOC(=O)c1cc(NCC2C(C)(C)C2(C)C)ccc1N. The summed E-state index contributed by atoms with van der Waals surface area (Å²) in [5.41, 5.74) is 8.32. The molecule has 1 aromatic carbocycles. The van der Waals surface area contributed by atoms with Crippen LogP contribution in [-0.4, -0.2) is 19.1 Å². The maximum atomic E-state index is 11.8. The van der Waals surface area contributed by atoms with E-state index < -0.39 is 0 Å². The summed E-state index contributed by atoms with van der Waals surface area (Å²) < 4.78 is 5.02. The van der Waals surface area contributed by atoms with Crippen molar-refractivity contribution in [3.05, 3.63) is 23.8 Å². The molecule has 0 radical (unpaired) electrons. The molecule has 0 aliphatic heterocycles. The van der Waals surface area contributed by atoms with Gasteiger partial charge in [-0.2, -0.15) is 0 Å². The highest BCUT2D eigenvalue weighted by atomic mass is 16.5. The number of ether oxygens (including phenoxy) is 1. The second-order valence-electron chi connectivity index (χ2n) is 6.90. The smallest absolute Gasteiger partial charge is 0.340 e. The van der Waals surface area contributed by atoms with Gasteiger partial charge in [0.1, 0.15) is 0 Å². The number of benzene rings is 1. The van der Waals surface area contributed by atoms with Gasteiger partial charge in [0.2, 0.25) is 0 Å². The van der Waals surface area contributed by atoms with Gasteiger partial charge >= 0.3 is 5.97 Å². The van der Waals surface area contributed by atoms with Crippen molar-refractivity contribution in [2.75, 3.05) is 24.2 Å². The van der Waals surface area contributed by atoms with Crippen molar-refractivity contribution >= 4 is 17.3 Å². The van der Waals surface area contributed by atoms with Crippen molar-refractivity contribution in [2.45, 2.75) is 34.6 Å². The van der Waals surface area contributed by atoms with E-state index >= 15 is 0 Å². The largest absolute Gasteiger partial charge is 0.462 e. The first-order chi connectivity index (χ1) is 9.71. The Kier molecular flexibility index (Phi) is 3.91. The fraction of sp³-hybridized carbons (Fsp3) is 0.588. The lowest BCUT2D eigenvalue weighted by molar-refractivity contribution is 0.0527. The van der Waals surface area contributed by atoms with E-state index in [1.807, 2.05) is 6.07 Å². The molecule has 4 heteroatoms. The predicted octanol–water partition coefficient (Wildman–Crippen LogP) is 3.54. The fourth-order valence-electron chi connectivity index (χ4n) is 3.12. The van der Waals surface area contributed by atoms with Crippen molar-refractivity contribution in [3.63, 3.8) is 0 Å². The van der Waals surface area contributed by atoms with Crippen LogP contribution in [0.15, 0.2) is 18.2 Å². The zero-order valence-electron chi connectivity index (χ0n) is 13.6. The monoisotopic (exact) mass is 290 g/mol. The van der Waals surface area contributed by atoms with Crippen LogP contribution >= 0.6 is 0 Å². The number of esters is 1. The van der Waals surface area contributed by atoms with E-state index in [1.165, 1.54) is 0 Å². The summed E-state index contributed by atoms with van der Waals surface area (Å²) in [4.78, 5) is 11.8. The average molecular weight is 290 g/mol. The molecule has 0 amide bonds. The quantitative estimate of drug-likeness (QED) is 0.643. The minimum Gasteiger partial charge on any atom is -0.462 e. The van der Waals surface area contributed by atoms with Crippen LogP contribution in [0.5, 0.6) is 0 Å². The van der Waals surface area contributed by atoms with Gasteiger partial charge < -0.3 is 15.8 Å². The summed E-state index contributed by atoms with van der Waals surface area (Å²) in [7, 11) is 0. The topological polar surface area (TPSA) is 64.3 Å². The van der Waals surface area contributed by atoms with Gasteiger partial charge in [-0.1, -0.05) is 27.7 Å². The molecule has 0 saturated heterocycles. The second-order valence-corrected chi connectivity index (χ2v) is 6.90. The highest BCUT2D eigenvalue weighted by Gasteiger charge is 2.63. The minimum absolute atomic E-state index is 0.345. The molecule has 4 nitrogen and oxygen atoms in total. The molecule has 0 aromatic heterocycles. The lowest BCUT2D eigenvalue weighted by Gasteiger charge is -2.11. The number of hydrogen-bond donors (Lipinski definition) is 2. The molecule has 0 bridgehead atoms. The molecule has 1 aromatic rings. The summed E-state index contributed by atoms with van der Waals surface area (Å²) in [6.07, 6.45) is 0. The first kappa shape index (κ1) is 15.7. The van der Waals surface area contributed by atoms with Gasteiger partial charge in [0.15, 0.2) is 0 Å². The van der Waals surface area contributed by atoms with Crippen molar-refractivity contribution < 1.29 is 9.53 Å². The van der Waals surface area contributed by atoms with Gasteiger partial charge in [0.05, 0.1) is 12.2 Å². The van der Waals surface area contributed by atoms with E-state index in [0.717, 1.165) is 12.2 Å². The third kappa shape index (κ3) is 2.71. The number of hydrogen-bond acceptors (Lipinski definition) is 4. The van der Waals surface area contributed by atoms with Gasteiger partial charge in [0.25, 0.3) is 0 Å². The molecular formula is C17H26N2O2. The molecule has 21 heavy (non-hydrogen) atoms. The van der Waals surface area contributed by atoms with E-state index in [2.05, 4.69) is 33.0 Å². The van der Waals surface area contributed by atoms with E-state index in [4.69, 9.17) is 10.5 Å². The number of rotatable bonds is 5. The molecule has 3 N–H and O–H groups in total. The Morgan fingerprint density at radius 1 is 1.29 bits per heavy atom. The molecule has 0 atom stereocenters. The molecule has 1 fully saturated rings. The highest BCUT2D eigenvalue weighted by Crippen LogP contribution is 2.68. The Morgan fingerprint density at radius 2 is 1.90 bits per heavy atom. The van der Waals surface area contributed by atoms with Crippen LogP contribution in [0.4, 0.5) is 11.4 Å². The molecule has 0 unspecified atom stereocenters. The fourth-order valence-corrected chi connectivity index (χ4v) is 3.12. The third-order valence-electron chi connectivity index (χ3n) is 5.38. The van der Waals surface area contributed by atoms with E-state index in [9.17, 15) is 4.79 Å². The first-order valence-electron chi connectivity index (χ1n) is 7.52. The first-order valence-corrected chi connectivity index (χ1v) is 7.52. The molecule has 1 aliphatic carbocycles. The van der Waals surface area contributed by atoms with Gasteiger partial charge in [-0.25, -0.2) is 4.79 Å². The third-order valence-corrected chi connectivity index (χ3v) is 5.38. The Hall–Kier alpha value is -1.71. The summed E-state index contributed by atoms with van der Waals surface area (Å²) in [6, 6.07) is 5.42. The standard InChI is InChI=1S/C17H26N2O2/c1-6-21-15(20)12-9-11(7-8-13(12)18)19-10-14-16(2,3)17(14,4)5/h7-9,14,19H,6,10,18H2,1-5H3. The molecule has 116 valence electrons. The van der Waals surface area contributed by atoms with E-state index in [1.54, 1.807) is 19.1 Å². The van der Waals surface area contributed by atoms with Gasteiger partial charge in [-0.3, -0.25) is 0 Å². The lowest BCUT2D eigenvalue weighted by atomic mass is 10.0. The summed E-state index contributed by atoms with van der Waals surface area (Å²) in [5, 5.41) is 3.42. The Balaban J connectivity index is 2.05. The number of carbonyl (C=O) groups excluding carboxylic acids is 1. The van der Waals surface area contributed by atoms with Crippen LogP contribution in [0, 0.1) is 16.7 Å². The number of nitrogens with two attached hydrogens (primary N) is 1. The highest BCUT2D eigenvalue weighted by molar-refractivity contribution is 5.96. The number of carbonyl (C=O) groups is 1. The number of nitrogen functional groups attached to an aromatic ring is 1. The van der Waals surface area contributed by atoms with Gasteiger partial charge in [-0.05, 0) is 41.9 Å². The Labute approximate surface area is 127 Å². The number of nitrogens with one attached hydrogen (secondary N) is 1. The summed E-state index contributed by atoms with van der Waals surface area (Å²) in [6.45, 7) is 12.2. The van der Waals surface area contributed by atoms with Crippen LogP contribution in [0.1, 0.15) is 45.0 Å². The molecule has 0 spiro atoms. The lowest BCUT2D eigenvalue weighted by Crippen LogP contribution is -2.11. The van der Waals surface area contributed by atoms with Crippen LogP contribution in [0.25, 0.3) is 0 Å². The number of anilines is 2. The maximum absolute atomic E-state index is 11.8. The van der Waals surface area contributed by atoms with Gasteiger partial charge in [-0.15, -0.1) is 0 Å². The van der Waals surface area contributed by atoms with Gasteiger partial charge in [0, 0.05) is 17.9 Å². The molecule has 0 heterocycles. The van der Waals surface area contributed by atoms with E-state index in [-0.39, 0.29) is 5.97 Å². The van der Waals surface area contributed by atoms with Crippen LogP contribution in [-0.2, 0) is 4.74 Å². The minimum atomic E-state index is -0.370. The summed E-state index contributed by atoms with van der Waals surface area (Å²) >= 11 is 0. The molecule has 1 aliphatic rings. The van der Waals surface area contributed by atoms with E-state index in [0.29, 0.717) is 34.6 Å². The zero-order chi connectivity index (χ0) is 15.8. The zero-order valence-corrected chi connectivity index (χ0v) is 13.6. The van der Waals surface area contributed by atoms with Crippen LogP contribution in [0.2, 0.25) is 0 Å². The van der Waals surface area contributed by atoms with Crippen molar-refractivity contribution in [1.82, 2.24) is 0 Å². The maximum Gasteiger partial charge on any atom is 0.340 e. The second kappa shape index (κ2) is 5.24. The van der Waals surface area contributed by atoms with Crippen molar-refractivity contribution in [3.8, 4) is 0 Å². The molecular weight excluding hydrogens is 264 g/mol. The Bertz CT molecular complexity index is 536. The predicted molar refractivity (Wildman–Crippen MR) is 86.4 cm³/mol.